The van der Waals surface area contributed by atoms with Crippen molar-refractivity contribution in [3.05, 3.63) is 0 Å². The summed E-state index contributed by atoms with van der Waals surface area (Å²) >= 11 is 0. The third-order valence-corrected chi connectivity index (χ3v) is 10.9. The molecule has 3 rings (SSSR count). The molecule has 0 aromatic rings. The number of hydrogen-bond acceptors (Lipinski definition) is 10. The number of aliphatic hydroxyl groups excluding tert-OH is 1. The fourth-order valence-corrected chi connectivity index (χ4v) is 8.40. The van der Waals surface area contributed by atoms with Crippen LogP contribution >= 0.6 is 0 Å². The number of carbonyl (C=O) groups excluding carboxylic acids is 2. The lowest BCUT2D eigenvalue weighted by Crippen LogP contribution is -2.59. The summed E-state index contributed by atoms with van der Waals surface area (Å²) in [6.07, 6.45) is 1.32. The number of nitrogens with zero attached hydrogens (tertiary/aromatic N) is 3. The molecule has 3 fully saturated rings. The minimum Gasteiger partial charge on any atom is -0.460 e. The summed E-state index contributed by atoms with van der Waals surface area (Å²) in [5.41, 5.74) is -2.32. The van der Waals surface area contributed by atoms with Crippen molar-refractivity contribution >= 4 is 11.8 Å². The lowest BCUT2D eigenvalue weighted by molar-refractivity contribution is -0.295. The maximum absolute atomic E-state index is 14.3. The summed E-state index contributed by atoms with van der Waals surface area (Å²) in [5, 5.41) is 11.3. The van der Waals surface area contributed by atoms with Crippen LogP contribution in [0.3, 0.4) is 0 Å². The highest BCUT2D eigenvalue weighted by Crippen LogP contribution is 2.39. The minimum absolute atomic E-state index is 0.0281. The van der Waals surface area contributed by atoms with Crippen LogP contribution in [-0.2, 0) is 28.5 Å². The maximum atomic E-state index is 14.3. The lowest BCUT2D eigenvalue weighted by Gasteiger charge is -2.47. The molecule has 0 saturated carbocycles. The number of rotatable bonds is 7. The van der Waals surface area contributed by atoms with Crippen molar-refractivity contribution in [2.45, 2.75) is 136 Å². The van der Waals surface area contributed by atoms with Crippen molar-refractivity contribution in [2.24, 2.45) is 23.2 Å². The number of ether oxygens (including phenoxy) is 4. The Morgan fingerprint density at radius 3 is 2.24 bits per heavy atom. The van der Waals surface area contributed by atoms with Crippen LogP contribution in [0, 0.1) is 23.2 Å². The predicted molar refractivity (Wildman–Crippen MR) is 176 cm³/mol. The van der Waals surface area contributed by atoms with E-state index in [1.54, 1.807) is 27.9 Å². The van der Waals surface area contributed by atoms with Crippen LogP contribution in [0.1, 0.15) is 87.5 Å². The van der Waals surface area contributed by atoms with Crippen molar-refractivity contribution in [1.29, 1.82) is 0 Å². The van der Waals surface area contributed by atoms with Crippen molar-refractivity contribution in [3.8, 4) is 0 Å². The zero-order valence-electron chi connectivity index (χ0n) is 30.4. The lowest BCUT2D eigenvalue weighted by atomic mass is 9.74. The summed E-state index contributed by atoms with van der Waals surface area (Å²) in [7, 11) is 7.65. The van der Waals surface area contributed by atoms with Crippen LogP contribution in [0.25, 0.3) is 0 Å². The van der Waals surface area contributed by atoms with E-state index in [0.29, 0.717) is 18.8 Å². The molecule has 10 nitrogen and oxygen atoms in total. The van der Waals surface area contributed by atoms with E-state index in [2.05, 4.69) is 30.7 Å². The first kappa shape index (κ1) is 38.3. The van der Waals surface area contributed by atoms with E-state index in [4.69, 9.17) is 18.9 Å². The van der Waals surface area contributed by atoms with Gasteiger partial charge in [-0.05, 0) is 119 Å². The number of carbonyl (C=O) groups is 2. The van der Waals surface area contributed by atoms with Gasteiger partial charge in [0, 0.05) is 31.7 Å². The van der Waals surface area contributed by atoms with E-state index in [-0.39, 0.29) is 36.0 Å². The molecule has 45 heavy (non-hydrogen) atoms. The Balaban J connectivity index is 1.99. The standard InChI is InChI=1S/C35H65N3O7/c1-13-16-38-17-14-26(15-18-38)28-25(5)44-33(41)34(6,7)30(40)24(4)31(35(8,42-12)20-22(2)21-37(28)11)45-32-29(39)27(36(9)10)19-23(3)43-32/h22-29,31-32,39H,13-21H2,1-12H3/t22-,23?,24+,25-,27-,28-,29-,31-,32?,35-/m1/s1. The molecular formula is C35H65N3O7. The first-order chi connectivity index (χ1) is 21.0. The number of Topliss-reactive ketones (excluding diaryl/α,β-unsaturated/α-hetero) is 1. The molecule has 0 aromatic carbocycles. The zero-order chi connectivity index (χ0) is 33.9. The molecule has 3 aliphatic heterocycles. The van der Waals surface area contributed by atoms with Crippen LogP contribution in [0.4, 0.5) is 0 Å². The SMILES string of the molecule is CCCN1CCC([C@H]2[C@@H](C)OC(=O)C(C)(C)C(=O)[C@H](C)[C@@H](OC3OC(C)C[C@@H](N(C)C)[C@H]3O)[C@](C)(OC)C[C@@H](C)CN2C)CC1. The Hall–Kier alpha value is -1.14. The molecule has 0 aromatic heterocycles. The van der Waals surface area contributed by atoms with Gasteiger partial charge in [-0.15, -0.1) is 0 Å². The highest BCUT2D eigenvalue weighted by atomic mass is 16.7. The van der Waals surface area contributed by atoms with Gasteiger partial charge in [0.25, 0.3) is 0 Å². The van der Waals surface area contributed by atoms with E-state index in [0.717, 1.165) is 45.4 Å². The normalized spacial score (nSPS) is 40.4. The summed E-state index contributed by atoms with van der Waals surface area (Å²) in [5.74, 6) is -1.00. The molecule has 0 aliphatic carbocycles. The molecule has 2 unspecified atom stereocenters. The molecule has 0 spiro atoms. The van der Waals surface area contributed by atoms with Gasteiger partial charge in [-0.2, -0.15) is 0 Å². The number of likely N-dealkylation sites (tertiary alicyclic amines) is 1. The Kier molecular flexibility index (Phi) is 13.5. The second kappa shape index (κ2) is 15.8. The number of esters is 1. The Labute approximate surface area is 273 Å². The predicted octanol–water partition coefficient (Wildman–Crippen LogP) is 3.83. The molecule has 0 bridgehead atoms. The maximum Gasteiger partial charge on any atom is 0.319 e. The summed E-state index contributed by atoms with van der Waals surface area (Å²) < 4.78 is 25.3. The third kappa shape index (κ3) is 8.86. The monoisotopic (exact) mass is 639 g/mol. The molecule has 3 aliphatic rings. The van der Waals surface area contributed by atoms with Gasteiger partial charge in [0.05, 0.1) is 17.8 Å². The van der Waals surface area contributed by atoms with Crippen molar-refractivity contribution in [1.82, 2.24) is 14.7 Å². The number of cyclic esters (lactones) is 1. The van der Waals surface area contributed by atoms with Crippen LogP contribution in [0.15, 0.2) is 0 Å². The van der Waals surface area contributed by atoms with E-state index < -0.39 is 41.4 Å². The van der Waals surface area contributed by atoms with Gasteiger partial charge in [-0.25, -0.2) is 0 Å². The van der Waals surface area contributed by atoms with E-state index in [9.17, 15) is 14.7 Å². The second-order valence-electron chi connectivity index (χ2n) is 15.5. The van der Waals surface area contributed by atoms with Crippen molar-refractivity contribution < 1.29 is 33.6 Å². The molecule has 0 amide bonds. The molecule has 10 atom stereocenters. The van der Waals surface area contributed by atoms with Gasteiger partial charge in [0.2, 0.25) is 0 Å². The molecule has 0 radical (unpaired) electrons. The molecule has 3 heterocycles. The fourth-order valence-electron chi connectivity index (χ4n) is 8.40. The molecule has 3 saturated heterocycles. The number of aliphatic hydroxyl groups is 1. The zero-order valence-corrected chi connectivity index (χ0v) is 30.4. The second-order valence-corrected chi connectivity index (χ2v) is 15.5. The minimum atomic E-state index is -1.41. The van der Waals surface area contributed by atoms with Crippen LogP contribution < -0.4 is 0 Å². The van der Waals surface area contributed by atoms with Crippen LogP contribution in [0.5, 0.6) is 0 Å². The van der Waals surface area contributed by atoms with Gasteiger partial charge >= 0.3 is 5.97 Å². The van der Waals surface area contributed by atoms with Crippen molar-refractivity contribution in [2.75, 3.05) is 54.4 Å². The largest absolute Gasteiger partial charge is 0.460 e. The Morgan fingerprint density at radius 2 is 1.69 bits per heavy atom. The summed E-state index contributed by atoms with van der Waals surface area (Å²) in [4.78, 5) is 35.1. The van der Waals surface area contributed by atoms with Gasteiger partial charge < -0.3 is 33.9 Å². The molecule has 262 valence electrons. The average molecular weight is 640 g/mol. The first-order valence-corrected chi connectivity index (χ1v) is 17.3. The summed E-state index contributed by atoms with van der Waals surface area (Å²) in [6.45, 7) is 19.4. The van der Waals surface area contributed by atoms with Gasteiger partial charge in [-0.3, -0.25) is 14.5 Å². The fraction of sp³-hybridized carbons (Fsp3) is 0.943. The Bertz CT molecular complexity index is 971. The number of likely N-dealkylation sites (N-methyl/N-ethyl adjacent to an activating group) is 2. The average Bonchev–Trinajstić information content (AvgIpc) is 2.96. The topological polar surface area (TPSA) is 101 Å². The molecular weight excluding hydrogens is 574 g/mol. The van der Waals surface area contributed by atoms with E-state index in [1.807, 2.05) is 39.8 Å². The highest BCUT2D eigenvalue weighted by Gasteiger charge is 2.52. The molecule has 1 N–H and O–H groups in total. The van der Waals surface area contributed by atoms with Gasteiger partial charge in [0.1, 0.15) is 17.6 Å². The third-order valence-electron chi connectivity index (χ3n) is 10.9. The van der Waals surface area contributed by atoms with Crippen molar-refractivity contribution in [3.63, 3.8) is 0 Å². The van der Waals surface area contributed by atoms with Gasteiger partial charge in [-0.1, -0.05) is 20.8 Å². The van der Waals surface area contributed by atoms with Crippen LogP contribution in [0.2, 0.25) is 0 Å². The smallest absolute Gasteiger partial charge is 0.319 e. The number of hydrogen-bond donors (Lipinski definition) is 1. The summed E-state index contributed by atoms with van der Waals surface area (Å²) in [6, 6.07) is -0.139. The van der Waals surface area contributed by atoms with Gasteiger partial charge in [0.15, 0.2) is 12.1 Å². The quantitative estimate of drug-likeness (QED) is 0.327. The first-order valence-electron chi connectivity index (χ1n) is 17.3. The highest BCUT2D eigenvalue weighted by molar-refractivity contribution is 6.04. The van der Waals surface area contributed by atoms with E-state index >= 15 is 0 Å². The van der Waals surface area contributed by atoms with Crippen LogP contribution in [-0.4, -0.2) is 134 Å². The molecule has 10 heteroatoms. The number of methoxy groups -OCH3 is 1. The van der Waals surface area contributed by atoms with E-state index in [1.165, 1.54) is 0 Å². The Morgan fingerprint density at radius 1 is 1.07 bits per heavy atom. The number of piperidine rings is 1. The number of ketones is 1.